The van der Waals surface area contributed by atoms with Crippen LogP contribution in [0.25, 0.3) is 0 Å². The van der Waals surface area contributed by atoms with Crippen molar-refractivity contribution in [3.63, 3.8) is 0 Å². The Labute approximate surface area is 127 Å². The fourth-order valence-electron chi connectivity index (χ4n) is 3.05. The van der Waals surface area contributed by atoms with Crippen molar-refractivity contribution in [3.8, 4) is 6.07 Å². The van der Waals surface area contributed by atoms with Crippen LogP contribution in [-0.2, 0) is 10.0 Å². The van der Waals surface area contributed by atoms with Crippen molar-refractivity contribution < 1.29 is 8.42 Å². The van der Waals surface area contributed by atoms with E-state index in [0.717, 1.165) is 25.7 Å². The Morgan fingerprint density at radius 2 is 2.05 bits per heavy atom. The van der Waals surface area contributed by atoms with Crippen molar-refractivity contribution >= 4 is 10.0 Å². The van der Waals surface area contributed by atoms with Gasteiger partial charge in [0.15, 0.2) is 0 Å². The number of hydrogen-bond donors (Lipinski definition) is 1. The molecule has 1 aliphatic rings. The third-order valence-corrected chi connectivity index (χ3v) is 5.86. The molecule has 0 amide bonds. The second-order valence-corrected chi connectivity index (χ2v) is 7.48. The Morgan fingerprint density at radius 1 is 1.33 bits per heavy atom. The van der Waals surface area contributed by atoms with Gasteiger partial charge in [-0.2, -0.15) is 5.26 Å². The maximum Gasteiger partial charge on any atom is 0.240 e. The fraction of sp³-hybridized carbons (Fsp3) is 0.562. The van der Waals surface area contributed by atoms with E-state index < -0.39 is 10.0 Å². The Balaban J connectivity index is 2.22. The van der Waals surface area contributed by atoms with E-state index in [-0.39, 0.29) is 10.9 Å². The molecule has 1 aliphatic carbocycles. The van der Waals surface area contributed by atoms with Crippen molar-refractivity contribution in [2.24, 2.45) is 5.92 Å². The van der Waals surface area contributed by atoms with Gasteiger partial charge in [0.05, 0.1) is 16.5 Å². The summed E-state index contributed by atoms with van der Waals surface area (Å²) in [4.78, 5) is 0.249. The SMILES string of the molecule is CCC1CCCCC1NS(=O)(=O)c1ccc(C#N)c(C)c1. The van der Waals surface area contributed by atoms with E-state index in [4.69, 9.17) is 5.26 Å². The van der Waals surface area contributed by atoms with Crippen molar-refractivity contribution in [1.82, 2.24) is 4.72 Å². The van der Waals surface area contributed by atoms with Gasteiger partial charge in [-0.05, 0) is 49.4 Å². The average Bonchev–Trinajstić information content (AvgIpc) is 2.47. The normalized spacial score (nSPS) is 22.7. The van der Waals surface area contributed by atoms with Gasteiger partial charge in [-0.25, -0.2) is 13.1 Å². The number of nitrogens with zero attached hydrogens (tertiary/aromatic N) is 1. The highest BCUT2D eigenvalue weighted by atomic mass is 32.2. The number of hydrogen-bond acceptors (Lipinski definition) is 3. The standard InChI is InChI=1S/C16H22N2O2S/c1-3-13-6-4-5-7-16(13)18-21(19,20)15-9-8-14(11-17)12(2)10-15/h8-10,13,16,18H,3-7H2,1-2H3. The van der Waals surface area contributed by atoms with Crippen LogP contribution in [0.4, 0.5) is 0 Å². The Kier molecular flexibility index (Phi) is 5.02. The topological polar surface area (TPSA) is 70.0 Å². The van der Waals surface area contributed by atoms with E-state index in [0.29, 0.717) is 17.0 Å². The molecule has 2 rings (SSSR count). The van der Waals surface area contributed by atoms with Crippen LogP contribution in [-0.4, -0.2) is 14.5 Å². The molecule has 0 spiro atoms. The Hall–Kier alpha value is -1.38. The van der Waals surface area contributed by atoms with Crippen LogP contribution in [0.3, 0.4) is 0 Å². The molecule has 0 aliphatic heterocycles. The zero-order valence-electron chi connectivity index (χ0n) is 12.6. The summed E-state index contributed by atoms with van der Waals surface area (Å²) >= 11 is 0. The third kappa shape index (κ3) is 3.63. The molecule has 4 nitrogen and oxygen atoms in total. The van der Waals surface area contributed by atoms with Crippen molar-refractivity contribution in [1.29, 1.82) is 5.26 Å². The second kappa shape index (κ2) is 6.59. The molecule has 1 fully saturated rings. The van der Waals surface area contributed by atoms with Gasteiger partial charge >= 0.3 is 0 Å². The van der Waals surface area contributed by atoms with E-state index in [9.17, 15) is 8.42 Å². The molecule has 0 aromatic heterocycles. The largest absolute Gasteiger partial charge is 0.240 e. The van der Waals surface area contributed by atoms with E-state index in [1.54, 1.807) is 19.1 Å². The van der Waals surface area contributed by atoms with E-state index >= 15 is 0 Å². The zero-order valence-corrected chi connectivity index (χ0v) is 13.4. The van der Waals surface area contributed by atoms with E-state index in [1.165, 1.54) is 12.5 Å². The second-order valence-electron chi connectivity index (χ2n) is 5.77. The monoisotopic (exact) mass is 306 g/mol. The molecule has 1 saturated carbocycles. The zero-order chi connectivity index (χ0) is 15.5. The van der Waals surface area contributed by atoms with Crippen LogP contribution in [0.15, 0.2) is 23.1 Å². The van der Waals surface area contributed by atoms with Crippen LogP contribution in [0.2, 0.25) is 0 Å². The predicted octanol–water partition coefficient (Wildman–Crippen LogP) is 3.11. The van der Waals surface area contributed by atoms with Gasteiger partial charge in [0, 0.05) is 6.04 Å². The van der Waals surface area contributed by atoms with Gasteiger partial charge in [-0.3, -0.25) is 0 Å². The van der Waals surface area contributed by atoms with Gasteiger partial charge in [0.1, 0.15) is 0 Å². The maximum absolute atomic E-state index is 12.5. The summed E-state index contributed by atoms with van der Waals surface area (Å²) in [5, 5.41) is 8.92. The Morgan fingerprint density at radius 3 is 2.67 bits per heavy atom. The molecule has 5 heteroatoms. The van der Waals surface area contributed by atoms with E-state index in [1.807, 2.05) is 0 Å². The minimum Gasteiger partial charge on any atom is -0.208 e. The first-order valence-electron chi connectivity index (χ1n) is 7.51. The number of aryl methyl sites for hydroxylation is 1. The third-order valence-electron chi connectivity index (χ3n) is 4.37. The quantitative estimate of drug-likeness (QED) is 0.929. The molecule has 21 heavy (non-hydrogen) atoms. The first-order valence-corrected chi connectivity index (χ1v) is 8.99. The maximum atomic E-state index is 12.5. The summed E-state index contributed by atoms with van der Waals surface area (Å²) in [7, 11) is -3.51. The Bertz CT molecular complexity index is 647. The molecular formula is C16H22N2O2S. The predicted molar refractivity (Wildman–Crippen MR) is 82.3 cm³/mol. The molecule has 2 atom stereocenters. The van der Waals surface area contributed by atoms with Crippen LogP contribution in [0.5, 0.6) is 0 Å². The van der Waals surface area contributed by atoms with Gasteiger partial charge in [-0.1, -0.05) is 26.2 Å². The van der Waals surface area contributed by atoms with Crippen molar-refractivity contribution in [2.45, 2.75) is 56.9 Å². The lowest BCUT2D eigenvalue weighted by atomic mass is 9.83. The number of nitrogens with one attached hydrogen (secondary N) is 1. The molecule has 0 bridgehead atoms. The summed E-state index contributed by atoms with van der Waals surface area (Å²) in [6, 6.07) is 6.75. The highest BCUT2D eigenvalue weighted by molar-refractivity contribution is 7.89. The molecule has 114 valence electrons. The summed E-state index contributed by atoms with van der Waals surface area (Å²) in [5.74, 6) is 0.424. The van der Waals surface area contributed by atoms with Gasteiger partial charge in [0.25, 0.3) is 0 Å². The van der Waals surface area contributed by atoms with Gasteiger partial charge < -0.3 is 0 Å². The lowest BCUT2D eigenvalue weighted by molar-refractivity contribution is 0.282. The highest BCUT2D eigenvalue weighted by Gasteiger charge is 2.28. The number of nitriles is 1. The van der Waals surface area contributed by atoms with Crippen LogP contribution >= 0.6 is 0 Å². The molecule has 0 radical (unpaired) electrons. The lowest BCUT2D eigenvalue weighted by Crippen LogP contribution is -2.41. The molecular weight excluding hydrogens is 284 g/mol. The minimum absolute atomic E-state index is 0.0321. The highest BCUT2D eigenvalue weighted by Crippen LogP contribution is 2.28. The molecule has 2 unspecified atom stereocenters. The van der Waals surface area contributed by atoms with Crippen molar-refractivity contribution in [2.75, 3.05) is 0 Å². The first kappa shape index (κ1) is 16.0. The summed E-state index contributed by atoms with van der Waals surface area (Å²) < 4.78 is 27.9. The summed E-state index contributed by atoms with van der Waals surface area (Å²) in [6.07, 6.45) is 5.27. The van der Waals surface area contributed by atoms with Gasteiger partial charge in [0.2, 0.25) is 10.0 Å². The van der Waals surface area contributed by atoms with Crippen molar-refractivity contribution in [3.05, 3.63) is 29.3 Å². The number of rotatable bonds is 4. The van der Waals surface area contributed by atoms with Crippen LogP contribution in [0.1, 0.15) is 50.2 Å². The average molecular weight is 306 g/mol. The number of sulfonamides is 1. The smallest absolute Gasteiger partial charge is 0.208 e. The van der Waals surface area contributed by atoms with Crippen LogP contribution in [0, 0.1) is 24.2 Å². The van der Waals surface area contributed by atoms with Gasteiger partial charge in [-0.15, -0.1) is 0 Å². The van der Waals surface area contributed by atoms with E-state index in [2.05, 4.69) is 17.7 Å². The summed E-state index contributed by atoms with van der Waals surface area (Å²) in [5.41, 5.74) is 1.20. The minimum atomic E-state index is -3.51. The molecule has 1 N–H and O–H groups in total. The number of benzene rings is 1. The first-order chi connectivity index (χ1) is 9.97. The molecule has 1 aromatic rings. The van der Waals surface area contributed by atoms with Crippen LogP contribution < -0.4 is 4.72 Å². The molecule has 0 heterocycles. The lowest BCUT2D eigenvalue weighted by Gasteiger charge is -2.31. The fourth-order valence-corrected chi connectivity index (χ4v) is 4.47. The molecule has 1 aromatic carbocycles. The molecule has 0 saturated heterocycles. The summed E-state index contributed by atoms with van der Waals surface area (Å²) in [6.45, 7) is 3.87.